The second-order valence-electron chi connectivity index (χ2n) is 8.25. The fraction of sp³-hybridized carbons (Fsp3) is 0.750. The normalized spacial score (nSPS) is 21.6. The molecule has 2 aliphatic carbocycles. The number of carbonyl (C=O) groups excluding carboxylic acids is 1. The lowest BCUT2D eigenvalue weighted by Crippen LogP contribution is -2.56. The Morgan fingerprint density at radius 2 is 1.81 bits per heavy atom. The molecule has 4 rings (SSSR count). The van der Waals surface area contributed by atoms with E-state index in [0.29, 0.717) is 18.5 Å². The topological polar surface area (TPSA) is 67.2 Å². The molecule has 1 aromatic rings. The molecule has 2 fully saturated rings. The fourth-order valence-corrected chi connectivity index (χ4v) is 4.52. The van der Waals surface area contributed by atoms with Crippen LogP contribution < -0.4 is 10.9 Å². The van der Waals surface area contributed by atoms with Crippen LogP contribution >= 0.6 is 0 Å². The first-order chi connectivity index (χ1) is 12.7. The van der Waals surface area contributed by atoms with E-state index in [-0.39, 0.29) is 11.6 Å². The van der Waals surface area contributed by atoms with Crippen LogP contribution in [0.15, 0.2) is 10.9 Å². The Kier molecular flexibility index (Phi) is 5.27. The van der Waals surface area contributed by atoms with Crippen molar-refractivity contribution >= 4 is 6.03 Å². The second kappa shape index (κ2) is 7.80. The van der Waals surface area contributed by atoms with Gasteiger partial charge in [-0.25, -0.2) is 9.48 Å². The Hall–Kier alpha value is -1.85. The van der Waals surface area contributed by atoms with E-state index in [2.05, 4.69) is 10.4 Å². The second-order valence-corrected chi connectivity index (χ2v) is 8.25. The number of rotatable bonds is 3. The molecule has 0 atom stereocenters. The first-order valence-corrected chi connectivity index (χ1v) is 10.3. The summed E-state index contributed by atoms with van der Waals surface area (Å²) in [6.07, 6.45) is 11.5. The van der Waals surface area contributed by atoms with Crippen LogP contribution in [0.2, 0.25) is 0 Å². The number of nitrogens with one attached hydrogen (secondary N) is 1. The van der Waals surface area contributed by atoms with Gasteiger partial charge in [-0.2, -0.15) is 5.10 Å². The molecule has 0 spiro atoms. The molecule has 2 heterocycles. The molecule has 6 heteroatoms. The van der Waals surface area contributed by atoms with Crippen LogP contribution in [0, 0.1) is 5.92 Å². The number of nitrogens with zero attached hydrogens (tertiary/aromatic N) is 3. The Morgan fingerprint density at radius 3 is 2.58 bits per heavy atom. The summed E-state index contributed by atoms with van der Waals surface area (Å²) in [5, 5.41) is 7.79. The zero-order chi connectivity index (χ0) is 17.9. The minimum atomic E-state index is 0.00649. The van der Waals surface area contributed by atoms with Gasteiger partial charge < -0.3 is 10.2 Å². The molecule has 1 aromatic heterocycles. The number of amides is 2. The van der Waals surface area contributed by atoms with Crippen molar-refractivity contribution in [3.63, 3.8) is 0 Å². The highest BCUT2D eigenvalue weighted by molar-refractivity contribution is 5.75. The van der Waals surface area contributed by atoms with Gasteiger partial charge in [0.2, 0.25) is 0 Å². The van der Waals surface area contributed by atoms with E-state index in [1.807, 2.05) is 4.90 Å². The third kappa shape index (κ3) is 3.94. The highest BCUT2D eigenvalue weighted by atomic mass is 16.2. The fourth-order valence-electron chi connectivity index (χ4n) is 4.52. The van der Waals surface area contributed by atoms with Crippen LogP contribution in [0.4, 0.5) is 4.79 Å². The lowest BCUT2D eigenvalue weighted by molar-refractivity contribution is 0.104. The molecule has 0 radical (unpaired) electrons. The number of fused-ring (bicyclic) bond motifs is 1. The predicted molar refractivity (Wildman–Crippen MR) is 100 cm³/mol. The average Bonchev–Trinajstić information content (AvgIpc) is 2.86. The van der Waals surface area contributed by atoms with Crippen molar-refractivity contribution in [3.8, 4) is 0 Å². The van der Waals surface area contributed by atoms with E-state index in [0.717, 1.165) is 62.9 Å². The van der Waals surface area contributed by atoms with Gasteiger partial charge in [0.15, 0.2) is 0 Å². The van der Waals surface area contributed by atoms with Crippen LogP contribution in [-0.2, 0) is 19.4 Å². The van der Waals surface area contributed by atoms with Crippen molar-refractivity contribution in [1.29, 1.82) is 0 Å². The highest BCUT2D eigenvalue weighted by Gasteiger charge is 2.32. The van der Waals surface area contributed by atoms with E-state index in [9.17, 15) is 9.59 Å². The molecule has 1 saturated heterocycles. The predicted octanol–water partition coefficient (Wildman–Crippen LogP) is 2.49. The maximum absolute atomic E-state index is 12.4. The third-order valence-corrected chi connectivity index (χ3v) is 6.13. The van der Waals surface area contributed by atoms with Gasteiger partial charge >= 0.3 is 6.03 Å². The van der Waals surface area contributed by atoms with E-state index in [1.54, 1.807) is 10.7 Å². The summed E-state index contributed by atoms with van der Waals surface area (Å²) in [6, 6.07) is 2.18. The van der Waals surface area contributed by atoms with Gasteiger partial charge in [0.25, 0.3) is 5.56 Å². The summed E-state index contributed by atoms with van der Waals surface area (Å²) in [5.41, 5.74) is 2.24. The van der Waals surface area contributed by atoms with E-state index < -0.39 is 0 Å². The lowest BCUT2D eigenvalue weighted by atomic mass is 9.97. The quantitative estimate of drug-likeness (QED) is 0.844. The summed E-state index contributed by atoms with van der Waals surface area (Å²) in [6.45, 7) is 2.08. The zero-order valence-electron chi connectivity index (χ0n) is 15.6. The van der Waals surface area contributed by atoms with Gasteiger partial charge in [0.05, 0.1) is 12.2 Å². The molecule has 1 saturated carbocycles. The molecule has 0 unspecified atom stereocenters. The molecule has 1 N–H and O–H groups in total. The minimum Gasteiger partial charge on any atom is -0.335 e. The minimum absolute atomic E-state index is 0.00649. The Balaban J connectivity index is 1.28. The van der Waals surface area contributed by atoms with Crippen LogP contribution in [0.1, 0.15) is 62.6 Å². The average molecular weight is 358 g/mol. The van der Waals surface area contributed by atoms with Crippen molar-refractivity contribution in [1.82, 2.24) is 20.0 Å². The highest BCUT2D eigenvalue weighted by Crippen LogP contribution is 2.21. The third-order valence-electron chi connectivity index (χ3n) is 6.13. The number of urea groups is 1. The standard InChI is InChI=1S/C20H30N4O2/c25-19-11-16-7-5-6-10-18(16)22-24(19)14-15-12-23(13-15)20(26)21-17-8-3-1-2-4-9-17/h11,15,17H,1-10,12-14H2,(H,21,26). The molecule has 0 bridgehead atoms. The largest absolute Gasteiger partial charge is 0.335 e. The lowest BCUT2D eigenvalue weighted by Gasteiger charge is -2.40. The first-order valence-electron chi connectivity index (χ1n) is 10.3. The molecule has 2 amide bonds. The number of aryl methyl sites for hydroxylation is 2. The number of carbonyl (C=O) groups is 1. The van der Waals surface area contributed by atoms with Crippen molar-refractivity contribution < 1.29 is 4.79 Å². The summed E-state index contributed by atoms with van der Waals surface area (Å²) in [5.74, 6) is 0.335. The number of aromatic nitrogens is 2. The van der Waals surface area contributed by atoms with Gasteiger partial charge in [0, 0.05) is 31.1 Å². The van der Waals surface area contributed by atoms with Crippen LogP contribution in [-0.4, -0.2) is 39.8 Å². The van der Waals surface area contributed by atoms with Crippen LogP contribution in [0.5, 0.6) is 0 Å². The number of likely N-dealkylation sites (tertiary alicyclic amines) is 1. The van der Waals surface area contributed by atoms with Crippen LogP contribution in [0.3, 0.4) is 0 Å². The molecule has 142 valence electrons. The maximum atomic E-state index is 12.4. The van der Waals surface area contributed by atoms with E-state index in [1.165, 1.54) is 25.7 Å². The van der Waals surface area contributed by atoms with Crippen LogP contribution in [0.25, 0.3) is 0 Å². The summed E-state index contributed by atoms with van der Waals surface area (Å²) in [7, 11) is 0. The molecule has 6 nitrogen and oxygen atoms in total. The Labute approximate surface area is 155 Å². The Bertz CT molecular complexity index is 700. The van der Waals surface area contributed by atoms with E-state index in [4.69, 9.17) is 0 Å². The molecule has 26 heavy (non-hydrogen) atoms. The van der Waals surface area contributed by atoms with Gasteiger partial charge in [-0.05, 0) is 44.1 Å². The molecular weight excluding hydrogens is 328 g/mol. The molecule has 1 aliphatic heterocycles. The van der Waals surface area contributed by atoms with Gasteiger partial charge in [-0.1, -0.05) is 25.7 Å². The van der Waals surface area contributed by atoms with Gasteiger partial charge in [0.1, 0.15) is 0 Å². The molecular formula is C20H30N4O2. The molecule has 0 aromatic carbocycles. The summed E-state index contributed by atoms with van der Waals surface area (Å²) in [4.78, 5) is 26.6. The van der Waals surface area contributed by atoms with Gasteiger partial charge in [-0.15, -0.1) is 0 Å². The van der Waals surface area contributed by atoms with E-state index >= 15 is 0 Å². The number of hydrogen-bond donors (Lipinski definition) is 1. The van der Waals surface area contributed by atoms with Crippen molar-refractivity contribution in [2.45, 2.75) is 76.8 Å². The van der Waals surface area contributed by atoms with Crippen molar-refractivity contribution in [2.24, 2.45) is 5.92 Å². The maximum Gasteiger partial charge on any atom is 0.317 e. The first kappa shape index (κ1) is 17.6. The van der Waals surface area contributed by atoms with Gasteiger partial charge in [-0.3, -0.25) is 4.79 Å². The smallest absolute Gasteiger partial charge is 0.317 e. The SMILES string of the molecule is O=C(NC1CCCCCC1)N1CC(Cn2nc3c(cc2=O)CCCC3)C1. The summed E-state index contributed by atoms with van der Waals surface area (Å²) < 4.78 is 1.62. The Morgan fingerprint density at radius 1 is 1.08 bits per heavy atom. The monoisotopic (exact) mass is 358 g/mol. The number of hydrogen-bond acceptors (Lipinski definition) is 3. The molecule has 3 aliphatic rings. The zero-order valence-corrected chi connectivity index (χ0v) is 15.6. The van der Waals surface area contributed by atoms with Crippen molar-refractivity contribution in [3.05, 3.63) is 27.7 Å². The summed E-state index contributed by atoms with van der Waals surface area (Å²) >= 11 is 0. The van der Waals surface area contributed by atoms with Crippen molar-refractivity contribution in [2.75, 3.05) is 13.1 Å².